The summed E-state index contributed by atoms with van der Waals surface area (Å²) >= 11 is 0. The van der Waals surface area contributed by atoms with Gasteiger partial charge in [-0.15, -0.1) is 0 Å². The lowest BCUT2D eigenvalue weighted by molar-refractivity contribution is -0.192. The number of ketones is 1. The Labute approximate surface area is 155 Å². The van der Waals surface area contributed by atoms with Crippen LogP contribution in [-0.2, 0) is 19.1 Å². The van der Waals surface area contributed by atoms with Crippen molar-refractivity contribution in [1.82, 2.24) is 0 Å². The van der Waals surface area contributed by atoms with Gasteiger partial charge in [0.15, 0.2) is 0 Å². The monoisotopic (exact) mass is 362 g/mol. The van der Waals surface area contributed by atoms with Crippen molar-refractivity contribution < 1.29 is 24.2 Å². The van der Waals surface area contributed by atoms with Crippen LogP contribution in [0.2, 0.25) is 0 Å². The van der Waals surface area contributed by atoms with E-state index in [1.165, 1.54) is 0 Å². The predicted octanol–water partition coefficient (Wildman–Crippen LogP) is 3.27. The number of carboxylic acids is 1. The number of ether oxygens (including phenoxy) is 1. The second-order valence-electron chi connectivity index (χ2n) is 8.82. The van der Waals surface area contributed by atoms with Crippen LogP contribution in [0.15, 0.2) is 11.6 Å². The van der Waals surface area contributed by atoms with Gasteiger partial charge in [0.1, 0.15) is 12.1 Å². The minimum absolute atomic E-state index is 0.0154. The normalized spacial score (nSPS) is 45.3. The van der Waals surface area contributed by atoms with Gasteiger partial charge in [-0.05, 0) is 43.9 Å². The molecule has 3 aliphatic carbocycles. The molecule has 0 spiro atoms. The zero-order chi connectivity index (χ0) is 19.3. The molecule has 0 heterocycles. The Morgan fingerprint density at radius 1 is 1.42 bits per heavy atom. The van der Waals surface area contributed by atoms with Crippen LogP contribution in [0.25, 0.3) is 0 Å². The fourth-order valence-electron chi connectivity index (χ4n) is 6.58. The first kappa shape index (κ1) is 19.3. The van der Waals surface area contributed by atoms with Gasteiger partial charge in [0.2, 0.25) is 0 Å². The van der Waals surface area contributed by atoms with E-state index >= 15 is 0 Å². The maximum Gasteiger partial charge on any atom is 0.304 e. The van der Waals surface area contributed by atoms with Crippen molar-refractivity contribution in [3.63, 3.8) is 0 Å². The number of carboxylic acid groups (broad SMARTS) is 1. The van der Waals surface area contributed by atoms with E-state index in [0.717, 1.165) is 24.7 Å². The fourth-order valence-corrected chi connectivity index (χ4v) is 6.58. The summed E-state index contributed by atoms with van der Waals surface area (Å²) in [6.45, 7) is 6.21. The first-order valence-electron chi connectivity index (χ1n) is 9.64. The third kappa shape index (κ3) is 2.43. The molecule has 0 saturated heterocycles. The van der Waals surface area contributed by atoms with Gasteiger partial charge in [0.05, 0.1) is 17.9 Å². The number of carbonyl (C=O) groups is 3. The second kappa shape index (κ2) is 6.59. The van der Waals surface area contributed by atoms with Crippen molar-refractivity contribution in [3.8, 4) is 0 Å². The average Bonchev–Trinajstić information content (AvgIpc) is 2.59. The number of methoxy groups -OCH3 is 1. The summed E-state index contributed by atoms with van der Waals surface area (Å²) < 4.78 is 5.86. The van der Waals surface area contributed by atoms with E-state index in [0.29, 0.717) is 18.8 Å². The first-order chi connectivity index (χ1) is 12.2. The molecule has 5 heteroatoms. The third-order valence-electron chi connectivity index (χ3n) is 7.94. The number of aliphatic carboxylic acids is 1. The van der Waals surface area contributed by atoms with E-state index in [1.807, 2.05) is 13.0 Å². The van der Waals surface area contributed by atoms with Crippen molar-refractivity contribution in [1.29, 1.82) is 0 Å². The van der Waals surface area contributed by atoms with E-state index < -0.39 is 17.3 Å². The molecule has 0 bridgehead atoms. The molecule has 0 amide bonds. The molecule has 144 valence electrons. The fraction of sp³-hybridized carbons (Fsp3) is 0.762. The number of carbonyl (C=O) groups excluding carboxylic acids is 2. The minimum Gasteiger partial charge on any atom is -0.481 e. The molecule has 26 heavy (non-hydrogen) atoms. The van der Waals surface area contributed by atoms with Crippen molar-refractivity contribution in [3.05, 3.63) is 11.6 Å². The van der Waals surface area contributed by atoms with Gasteiger partial charge in [-0.1, -0.05) is 25.5 Å². The van der Waals surface area contributed by atoms with Gasteiger partial charge in [0, 0.05) is 24.9 Å². The highest BCUT2D eigenvalue weighted by molar-refractivity contribution is 6.01. The van der Waals surface area contributed by atoms with E-state index in [4.69, 9.17) is 4.74 Å². The first-order valence-corrected chi connectivity index (χ1v) is 9.64. The van der Waals surface area contributed by atoms with Crippen LogP contribution in [0.1, 0.15) is 52.9 Å². The van der Waals surface area contributed by atoms with Gasteiger partial charge in [-0.2, -0.15) is 0 Å². The Hall–Kier alpha value is -1.49. The largest absolute Gasteiger partial charge is 0.481 e. The quantitative estimate of drug-likeness (QED) is 0.472. The summed E-state index contributed by atoms with van der Waals surface area (Å²) in [4.78, 5) is 37.3. The topological polar surface area (TPSA) is 80.7 Å². The second-order valence-corrected chi connectivity index (χ2v) is 8.82. The summed E-state index contributed by atoms with van der Waals surface area (Å²) in [6.07, 6.45) is 5.54. The summed E-state index contributed by atoms with van der Waals surface area (Å²) in [7, 11) is 1.71. The smallest absolute Gasteiger partial charge is 0.304 e. The van der Waals surface area contributed by atoms with E-state index in [-0.39, 0.29) is 35.6 Å². The molecule has 0 aliphatic heterocycles. The number of rotatable bonds is 4. The lowest BCUT2D eigenvalue weighted by Crippen LogP contribution is -2.65. The standard InChI is InChI=1S/C21H30O5/c1-12-6-8-18(26-4)20(3)14(12)9-17(23)21(11-22)15(10-19(24)25)13(2)5-7-16(20)21/h5,11-12,14-16,18H,6-10H2,1-4H3,(H,24,25)/t12-,14+,15?,16+,18-,20+,21+/m1/s1. The van der Waals surface area contributed by atoms with Gasteiger partial charge in [0.25, 0.3) is 0 Å². The number of allylic oxidation sites excluding steroid dienone is 2. The average molecular weight is 362 g/mol. The van der Waals surface area contributed by atoms with Crippen molar-refractivity contribution in [2.24, 2.45) is 34.5 Å². The molecule has 1 N–H and O–H groups in total. The molecular formula is C21H30O5. The number of Topliss-reactive ketones (excluding diaryl/α,β-unsaturated/α-hetero) is 1. The lowest BCUT2D eigenvalue weighted by Gasteiger charge is -2.63. The molecule has 0 aromatic carbocycles. The van der Waals surface area contributed by atoms with Crippen molar-refractivity contribution in [2.45, 2.75) is 59.0 Å². The number of hydrogen-bond acceptors (Lipinski definition) is 4. The van der Waals surface area contributed by atoms with Crippen LogP contribution in [-0.4, -0.2) is 36.4 Å². The van der Waals surface area contributed by atoms with E-state index in [1.54, 1.807) is 7.11 Å². The van der Waals surface area contributed by atoms with Crippen LogP contribution < -0.4 is 0 Å². The maximum atomic E-state index is 13.4. The predicted molar refractivity (Wildman–Crippen MR) is 96.5 cm³/mol. The minimum atomic E-state index is -1.24. The van der Waals surface area contributed by atoms with E-state index in [9.17, 15) is 19.5 Å². The summed E-state index contributed by atoms with van der Waals surface area (Å²) in [5.74, 6) is -1.24. The highest BCUT2D eigenvalue weighted by atomic mass is 16.5. The SMILES string of the molecule is CO[C@@H]1CC[C@@H](C)[C@@H]2CC(=O)[C@@]3(C=O)C(CC(=O)O)C(C)=CC[C@H]3[C@@]12C. The Morgan fingerprint density at radius 3 is 2.69 bits per heavy atom. The summed E-state index contributed by atoms with van der Waals surface area (Å²) in [6, 6.07) is 0. The number of hydrogen-bond donors (Lipinski definition) is 1. The van der Waals surface area contributed by atoms with Gasteiger partial charge in [-0.3, -0.25) is 9.59 Å². The summed E-state index contributed by atoms with van der Waals surface area (Å²) in [5, 5.41) is 9.43. The van der Waals surface area contributed by atoms with Gasteiger partial charge < -0.3 is 14.6 Å². The molecule has 3 rings (SSSR count). The van der Waals surface area contributed by atoms with Crippen LogP contribution in [0.5, 0.6) is 0 Å². The molecule has 0 radical (unpaired) electrons. The Morgan fingerprint density at radius 2 is 2.12 bits per heavy atom. The highest BCUT2D eigenvalue weighted by Crippen LogP contribution is 2.65. The molecule has 0 aromatic heterocycles. The molecule has 3 aliphatic rings. The molecule has 1 unspecified atom stereocenters. The molecule has 2 fully saturated rings. The summed E-state index contributed by atoms with van der Waals surface area (Å²) in [5.41, 5.74) is -0.699. The van der Waals surface area contributed by atoms with Crippen LogP contribution >= 0.6 is 0 Å². The zero-order valence-corrected chi connectivity index (χ0v) is 16.2. The van der Waals surface area contributed by atoms with Gasteiger partial charge in [-0.25, -0.2) is 0 Å². The Kier molecular flexibility index (Phi) is 4.89. The van der Waals surface area contributed by atoms with Crippen LogP contribution in [0, 0.1) is 34.5 Å². The van der Waals surface area contributed by atoms with E-state index in [2.05, 4.69) is 13.8 Å². The maximum absolute atomic E-state index is 13.4. The lowest BCUT2D eigenvalue weighted by atomic mass is 9.40. The number of fused-ring (bicyclic) bond motifs is 3. The molecule has 0 aromatic rings. The molecule has 7 atom stereocenters. The molecule has 2 saturated carbocycles. The van der Waals surface area contributed by atoms with Gasteiger partial charge >= 0.3 is 5.97 Å². The van der Waals surface area contributed by atoms with Crippen molar-refractivity contribution >= 4 is 18.0 Å². The zero-order valence-electron chi connectivity index (χ0n) is 16.2. The number of aldehydes is 1. The highest BCUT2D eigenvalue weighted by Gasteiger charge is 2.67. The third-order valence-corrected chi connectivity index (χ3v) is 7.94. The van der Waals surface area contributed by atoms with Crippen molar-refractivity contribution in [2.75, 3.05) is 7.11 Å². The molecular weight excluding hydrogens is 332 g/mol. The molecule has 5 nitrogen and oxygen atoms in total. The Balaban J connectivity index is 2.18. The van der Waals surface area contributed by atoms with Crippen LogP contribution in [0.4, 0.5) is 0 Å². The Bertz CT molecular complexity index is 653. The van der Waals surface area contributed by atoms with Crippen LogP contribution in [0.3, 0.4) is 0 Å².